The van der Waals surface area contributed by atoms with E-state index in [9.17, 15) is 0 Å². The summed E-state index contributed by atoms with van der Waals surface area (Å²) in [5.41, 5.74) is 11.9. The van der Waals surface area contributed by atoms with Gasteiger partial charge in [-0.15, -0.1) is 11.3 Å². The second-order valence-electron chi connectivity index (χ2n) is 16.6. The highest BCUT2D eigenvalue weighted by atomic mass is 32.1. The molecule has 0 radical (unpaired) electrons. The zero-order chi connectivity index (χ0) is 43.8. The van der Waals surface area contributed by atoms with E-state index in [1.807, 2.05) is 11.3 Å². The smallest absolute Gasteiger partial charge is 0.0503 e. The maximum atomic E-state index is 2.39. The summed E-state index contributed by atoms with van der Waals surface area (Å²) in [7, 11) is 0. The Balaban J connectivity index is 1.09. The summed E-state index contributed by atoms with van der Waals surface area (Å²) in [4.78, 5) is 7.17. The fourth-order valence-electron chi connectivity index (χ4n) is 9.44. The Bertz CT molecular complexity index is 3520. The van der Waals surface area contributed by atoms with Gasteiger partial charge in [0, 0.05) is 54.3 Å². The summed E-state index contributed by atoms with van der Waals surface area (Å²) in [6.45, 7) is 0. The highest BCUT2D eigenvalue weighted by Crippen LogP contribution is 2.47. The molecule has 1 aromatic heterocycles. The maximum absolute atomic E-state index is 2.39. The quantitative estimate of drug-likeness (QED) is 0.136. The molecule has 0 N–H and O–H groups in total. The molecule has 1 heterocycles. The monoisotopic (exact) mass is 861 g/mol. The maximum Gasteiger partial charge on any atom is 0.0503 e. The molecule has 12 rings (SSSR count). The number of hydrogen-bond donors (Lipinski definition) is 0. The van der Waals surface area contributed by atoms with Gasteiger partial charge in [-0.05, 0) is 130 Å². The van der Waals surface area contributed by atoms with Gasteiger partial charge >= 0.3 is 0 Å². The van der Waals surface area contributed by atoms with Gasteiger partial charge in [0.2, 0.25) is 0 Å². The predicted octanol–water partition coefficient (Wildman–Crippen LogP) is 18.4. The van der Waals surface area contributed by atoms with Crippen LogP contribution in [-0.4, -0.2) is 0 Å². The fourth-order valence-corrected chi connectivity index (χ4v) is 10.7. The minimum atomic E-state index is 1.02. The summed E-state index contributed by atoms with van der Waals surface area (Å²) in [5.74, 6) is 0. The largest absolute Gasteiger partial charge is 0.310 e. The van der Waals surface area contributed by atoms with Crippen molar-refractivity contribution >= 4 is 104 Å². The van der Waals surface area contributed by atoms with Gasteiger partial charge in [-0.2, -0.15) is 0 Å². The van der Waals surface area contributed by atoms with E-state index in [0.717, 1.165) is 51.2 Å². The van der Waals surface area contributed by atoms with Crippen LogP contribution in [0, 0.1) is 0 Å². The molecule has 0 aliphatic rings. The van der Waals surface area contributed by atoms with Crippen LogP contribution in [0.15, 0.2) is 261 Å². The van der Waals surface area contributed by atoms with Crippen LogP contribution in [0.1, 0.15) is 0 Å². The van der Waals surface area contributed by atoms with Crippen molar-refractivity contribution in [2.45, 2.75) is 0 Å². The third-order valence-electron chi connectivity index (χ3n) is 12.5. The van der Waals surface area contributed by atoms with E-state index < -0.39 is 0 Å². The van der Waals surface area contributed by atoms with Crippen LogP contribution in [0.2, 0.25) is 0 Å². The molecular formula is C62H43N3S. The molecule has 0 saturated carbocycles. The number of thiophene rings is 1. The molecule has 12 aromatic rings. The second kappa shape index (κ2) is 16.9. The zero-order valence-corrected chi connectivity index (χ0v) is 36.9. The van der Waals surface area contributed by atoms with E-state index >= 15 is 0 Å². The topological polar surface area (TPSA) is 9.72 Å². The van der Waals surface area contributed by atoms with Crippen molar-refractivity contribution in [3.8, 4) is 11.1 Å². The second-order valence-corrected chi connectivity index (χ2v) is 17.7. The van der Waals surface area contributed by atoms with Crippen LogP contribution in [-0.2, 0) is 0 Å². The van der Waals surface area contributed by atoms with Crippen molar-refractivity contribution in [1.82, 2.24) is 0 Å². The molecule has 66 heavy (non-hydrogen) atoms. The van der Waals surface area contributed by atoms with Crippen LogP contribution in [0.3, 0.4) is 0 Å². The van der Waals surface area contributed by atoms with Gasteiger partial charge in [-0.1, -0.05) is 164 Å². The Kier molecular flexibility index (Phi) is 10.0. The fraction of sp³-hybridized carbons (Fsp3) is 0. The van der Waals surface area contributed by atoms with Crippen molar-refractivity contribution in [2.75, 3.05) is 14.7 Å². The number of rotatable bonds is 10. The van der Waals surface area contributed by atoms with E-state index in [1.165, 1.54) is 52.8 Å². The number of hydrogen-bond acceptors (Lipinski definition) is 4. The van der Waals surface area contributed by atoms with E-state index in [-0.39, 0.29) is 0 Å². The lowest BCUT2D eigenvalue weighted by atomic mass is 10.0. The van der Waals surface area contributed by atoms with Gasteiger partial charge in [0.05, 0.1) is 17.1 Å². The Morgan fingerprint density at radius 3 is 1.15 bits per heavy atom. The van der Waals surface area contributed by atoms with Crippen molar-refractivity contribution in [2.24, 2.45) is 0 Å². The molecule has 11 aromatic carbocycles. The third-order valence-corrected chi connectivity index (χ3v) is 13.7. The van der Waals surface area contributed by atoms with Gasteiger partial charge in [0.15, 0.2) is 0 Å². The minimum absolute atomic E-state index is 1.02. The minimum Gasteiger partial charge on any atom is -0.310 e. The molecule has 312 valence electrons. The number of fused-ring (bicyclic) bond motifs is 5. The normalized spacial score (nSPS) is 11.3. The lowest BCUT2D eigenvalue weighted by Gasteiger charge is -2.33. The van der Waals surface area contributed by atoms with Gasteiger partial charge in [0.25, 0.3) is 0 Å². The third kappa shape index (κ3) is 7.30. The molecule has 3 nitrogen and oxygen atoms in total. The Morgan fingerprint density at radius 1 is 0.242 bits per heavy atom. The van der Waals surface area contributed by atoms with Crippen LogP contribution in [0.5, 0.6) is 0 Å². The molecule has 0 bridgehead atoms. The average Bonchev–Trinajstić information content (AvgIpc) is 3.77. The number of benzene rings is 11. The van der Waals surface area contributed by atoms with Gasteiger partial charge in [-0.25, -0.2) is 0 Å². The molecule has 0 atom stereocenters. The first kappa shape index (κ1) is 39.2. The summed E-state index contributed by atoms with van der Waals surface area (Å²) in [6.07, 6.45) is 0. The van der Waals surface area contributed by atoms with Crippen molar-refractivity contribution < 1.29 is 0 Å². The van der Waals surface area contributed by atoms with Crippen LogP contribution in [0.4, 0.5) is 51.2 Å². The van der Waals surface area contributed by atoms with E-state index in [1.54, 1.807) is 0 Å². The molecule has 0 spiro atoms. The summed E-state index contributed by atoms with van der Waals surface area (Å²) >= 11 is 1.87. The van der Waals surface area contributed by atoms with Crippen LogP contribution in [0.25, 0.3) is 52.8 Å². The first-order chi connectivity index (χ1) is 32.7. The summed E-state index contributed by atoms with van der Waals surface area (Å²) in [5, 5.41) is 7.40. The highest BCUT2D eigenvalue weighted by molar-refractivity contribution is 7.26. The van der Waals surface area contributed by atoms with Gasteiger partial charge in [0.1, 0.15) is 0 Å². The summed E-state index contributed by atoms with van der Waals surface area (Å²) in [6, 6.07) is 94.5. The van der Waals surface area contributed by atoms with Gasteiger partial charge in [-0.3, -0.25) is 0 Å². The standard InChI is InChI=1S/C62H43N3S/c1-4-21-49(22-5-1)63(52-35-33-46(34-36-52)58-28-16-29-60-59-27-14-15-30-61(59)66-62(58)60)55-41-56(64(50-23-6-2-7-24-50)53-37-31-44-17-10-12-19-47(44)39-53)43-57(42-55)65(51-25-8-3-9-26-51)54-38-32-45-18-11-13-20-48(45)40-54/h1-43H. The SMILES string of the molecule is c1ccc(N(c2ccc(-c3cccc4c3sc3ccccc34)cc2)c2cc(N(c3ccccc3)c3ccc4ccccc4c3)cc(N(c3ccccc3)c3ccc4ccccc4c3)c2)cc1. The Morgan fingerprint density at radius 2 is 0.636 bits per heavy atom. The van der Waals surface area contributed by atoms with E-state index in [0.29, 0.717) is 0 Å². The molecule has 0 unspecified atom stereocenters. The van der Waals surface area contributed by atoms with Crippen molar-refractivity contribution in [3.05, 3.63) is 261 Å². The van der Waals surface area contributed by atoms with E-state index in [2.05, 4.69) is 276 Å². The Hall–Kier alpha value is -8.44. The van der Waals surface area contributed by atoms with Crippen molar-refractivity contribution in [1.29, 1.82) is 0 Å². The molecule has 0 fully saturated rings. The molecule has 4 heteroatoms. The molecule has 0 saturated heterocycles. The highest BCUT2D eigenvalue weighted by Gasteiger charge is 2.23. The van der Waals surface area contributed by atoms with Crippen LogP contribution < -0.4 is 14.7 Å². The number of nitrogens with zero attached hydrogens (tertiary/aromatic N) is 3. The zero-order valence-electron chi connectivity index (χ0n) is 36.1. The average molecular weight is 862 g/mol. The molecule has 0 aliphatic carbocycles. The lowest BCUT2D eigenvalue weighted by molar-refractivity contribution is 1.22. The molecule has 0 aliphatic heterocycles. The van der Waals surface area contributed by atoms with Gasteiger partial charge < -0.3 is 14.7 Å². The van der Waals surface area contributed by atoms with Crippen LogP contribution >= 0.6 is 11.3 Å². The number of anilines is 9. The molecule has 0 amide bonds. The number of para-hydroxylation sites is 3. The molecular weight excluding hydrogens is 819 g/mol. The summed E-state index contributed by atoms with van der Waals surface area (Å²) < 4.78 is 2.62. The Labute approximate surface area is 388 Å². The van der Waals surface area contributed by atoms with Crippen molar-refractivity contribution in [3.63, 3.8) is 0 Å². The first-order valence-electron chi connectivity index (χ1n) is 22.4. The van der Waals surface area contributed by atoms with E-state index in [4.69, 9.17) is 0 Å². The first-order valence-corrected chi connectivity index (χ1v) is 23.2. The lowest BCUT2D eigenvalue weighted by Crippen LogP contribution is -2.16. The predicted molar refractivity (Wildman–Crippen MR) is 284 cm³/mol.